The van der Waals surface area contributed by atoms with E-state index in [1.165, 1.54) is 38.5 Å². The minimum atomic E-state index is -1.47. The monoisotopic (exact) mass is 278 g/mol. The van der Waals surface area contributed by atoms with Gasteiger partial charge in [-0.25, -0.2) is 0 Å². The molecule has 0 unspecified atom stereocenters. The molecule has 0 atom stereocenters. The van der Waals surface area contributed by atoms with Gasteiger partial charge in [0.25, 0.3) is 0 Å². The topological polar surface area (TPSA) is 0 Å². The normalized spacial score (nSPS) is 17.9. The van der Waals surface area contributed by atoms with Crippen molar-refractivity contribution in [2.24, 2.45) is 5.92 Å². The van der Waals surface area contributed by atoms with Gasteiger partial charge in [-0.15, -0.1) is 11.5 Å². The molecule has 0 aliphatic heterocycles. The molecule has 0 bridgehead atoms. The fourth-order valence-electron chi connectivity index (χ4n) is 4.17. The largest absolute Gasteiger partial charge is 0.145 e. The second-order valence-corrected chi connectivity index (χ2v) is 13.0. The molecule has 1 saturated carbocycles. The molecule has 0 heterocycles. The van der Waals surface area contributed by atoms with Crippen LogP contribution in [0.25, 0.3) is 0 Å². The summed E-state index contributed by atoms with van der Waals surface area (Å²) in [5.74, 6) is 4.55. The Hall–Kier alpha value is -0.223. The van der Waals surface area contributed by atoms with Gasteiger partial charge in [-0.2, -0.15) is 0 Å². The van der Waals surface area contributed by atoms with Crippen molar-refractivity contribution in [3.8, 4) is 11.5 Å². The van der Waals surface area contributed by atoms with Crippen LogP contribution in [0.5, 0.6) is 0 Å². The molecule has 1 rings (SSSR count). The number of hydrogen-bond donors (Lipinski definition) is 0. The minimum Gasteiger partial charge on any atom is -0.130 e. The summed E-state index contributed by atoms with van der Waals surface area (Å²) >= 11 is 0. The lowest BCUT2D eigenvalue weighted by molar-refractivity contribution is 0.365. The van der Waals surface area contributed by atoms with Crippen molar-refractivity contribution in [1.29, 1.82) is 0 Å². The van der Waals surface area contributed by atoms with Gasteiger partial charge in [0.2, 0.25) is 0 Å². The fourth-order valence-corrected chi connectivity index (χ4v) is 9.45. The highest BCUT2D eigenvalue weighted by molar-refractivity contribution is 6.90. The van der Waals surface area contributed by atoms with E-state index in [9.17, 15) is 0 Å². The summed E-state index contributed by atoms with van der Waals surface area (Å²) < 4.78 is 0. The molecule has 0 nitrogen and oxygen atoms in total. The highest BCUT2D eigenvalue weighted by Gasteiger charge is 2.41. The summed E-state index contributed by atoms with van der Waals surface area (Å²) in [6.07, 6.45) is 8.34. The van der Waals surface area contributed by atoms with Crippen LogP contribution in [0.15, 0.2) is 0 Å². The SMILES string of the molecule is CC(C)[Si](C#CCC1CCCCC1)(C(C)C)C(C)C. The lowest BCUT2D eigenvalue weighted by Gasteiger charge is -2.38. The molecule has 0 saturated heterocycles. The second kappa shape index (κ2) is 7.53. The van der Waals surface area contributed by atoms with Gasteiger partial charge in [-0.1, -0.05) is 60.8 Å². The van der Waals surface area contributed by atoms with Crippen molar-refractivity contribution in [3.63, 3.8) is 0 Å². The summed E-state index contributed by atoms with van der Waals surface area (Å²) in [6.45, 7) is 14.4. The zero-order valence-electron chi connectivity index (χ0n) is 14.1. The first-order chi connectivity index (χ1) is 8.91. The summed E-state index contributed by atoms with van der Waals surface area (Å²) in [6, 6.07) is 0. The molecule has 0 spiro atoms. The molecule has 0 radical (unpaired) electrons. The van der Waals surface area contributed by atoms with E-state index in [0.29, 0.717) is 0 Å². The van der Waals surface area contributed by atoms with Crippen LogP contribution in [0.2, 0.25) is 16.6 Å². The molecule has 19 heavy (non-hydrogen) atoms. The standard InChI is InChI=1S/C18H34Si/c1-15(2)19(16(3)4,17(5)6)14-10-13-18-11-8-7-9-12-18/h15-18H,7-9,11-13H2,1-6H3. The summed E-state index contributed by atoms with van der Waals surface area (Å²) in [4.78, 5) is 0. The van der Waals surface area contributed by atoms with Gasteiger partial charge < -0.3 is 0 Å². The zero-order chi connectivity index (χ0) is 14.5. The molecule has 0 amide bonds. The number of rotatable bonds is 4. The molecule has 1 aliphatic rings. The minimum absolute atomic E-state index is 0.770. The highest BCUT2D eigenvalue weighted by Crippen LogP contribution is 2.40. The molecule has 1 aliphatic carbocycles. The lowest BCUT2D eigenvalue weighted by atomic mass is 9.87. The van der Waals surface area contributed by atoms with Crippen molar-refractivity contribution in [1.82, 2.24) is 0 Å². The van der Waals surface area contributed by atoms with Crippen molar-refractivity contribution in [2.75, 3.05) is 0 Å². The van der Waals surface area contributed by atoms with E-state index in [2.05, 4.69) is 53.0 Å². The van der Waals surface area contributed by atoms with Crippen molar-refractivity contribution >= 4 is 8.07 Å². The van der Waals surface area contributed by atoms with Gasteiger partial charge in [0.1, 0.15) is 8.07 Å². The molecule has 0 aromatic carbocycles. The van der Waals surface area contributed by atoms with Crippen LogP contribution < -0.4 is 0 Å². The first kappa shape index (κ1) is 16.8. The van der Waals surface area contributed by atoms with E-state index in [-0.39, 0.29) is 0 Å². The molecule has 0 aromatic heterocycles. The predicted octanol–water partition coefficient (Wildman–Crippen LogP) is 6.18. The first-order valence-electron chi connectivity index (χ1n) is 8.41. The zero-order valence-corrected chi connectivity index (χ0v) is 15.1. The number of hydrogen-bond acceptors (Lipinski definition) is 0. The average Bonchev–Trinajstić information content (AvgIpc) is 2.34. The summed E-state index contributed by atoms with van der Waals surface area (Å²) in [5.41, 5.74) is 6.18. The van der Waals surface area contributed by atoms with Gasteiger partial charge in [-0.05, 0) is 35.4 Å². The Morgan fingerprint density at radius 2 is 1.32 bits per heavy atom. The Labute approximate surface area is 122 Å². The summed E-state index contributed by atoms with van der Waals surface area (Å²) in [7, 11) is -1.47. The predicted molar refractivity (Wildman–Crippen MR) is 90.0 cm³/mol. The lowest BCUT2D eigenvalue weighted by Crippen LogP contribution is -2.43. The Morgan fingerprint density at radius 3 is 1.74 bits per heavy atom. The van der Waals surface area contributed by atoms with Gasteiger partial charge in [0.15, 0.2) is 0 Å². The van der Waals surface area contributed by atoms with Crippen LogP contribution in [0.3, 0.4) is 0 Å². The van der Waals surface area contributed by atoms with E-state index in [4.69, 9.17) is 0 Å². The van der Waals surface area contributed by atoms with E-state index in [1.807, 2.05) is 0 Å². The van der Waals surface area contributed by atoms with Crippen LogP contribution in [-0.2, 0) is 0 Å². The van der Waals surface area contributed by atoms with Gasteiger partial charge in [-0.3, -0.25) is 0 Å². The maximum absolute atomic E-state index is 3.87. The molecule has 110 valence electrons. The van der Waals surface area contributed by atoms with E-state index < -0.39 is 8.07 Å². The average molecular weight is 279 g/mol. The van der Waals surface area contributed by atoms with Crippen LogP contribution in [0.4, 0.5) is 0 Å². The van der Waals surface area contributed by atoms with Crippen molar-refractivity contribution < 1.29 is 0 Å². The fraction of sp³-hybridized carbons (Fsp3) is 0.889. The second-order valence-electron chi connectivity index (χ2n) is 7.41. The molecule has 0 N–H and O–H groups in total. The smallest absolute Gasteiger partial charge is 0.130 e. The quantitative estimate of drug-likeness (QED) is 0.425. The molecule has 1 heteroatoms. The van der Waals surface area contributed by atoms with E-state index in [0.717, 1.165) is 22.5 Å². The molecular weight excluding hydrogens is 244 g/mol. The first-order valence-corrected chi connectivity index (χ1v) is 10.6. The third-order valence-electron chi connectivity index (χ3n) is 5.29. The molecule has 1 fully saturated rings. The Bertz CT molecular complexity index is 289. The van der Waals surface area contributed by atoms with E-state index in [1.54, 1.807) is 0 Å². The molecule has 0 aromatic rings. The van der Waals surface area contributed by atoms with Crippen LogP contribution in [0, 0.1) is 17.4 Å². The Morgan fingerprint density at radius 1 is 0.842 bits per heavy atom. The third-order valence-corrected chi connectivity index (χ3v) is 11.6. The van der Waals surface area contributed by atoms with Gasteiger partial charge in [0, 0.05) is 6.42 Å². The maximum Gasteiger partial charge on any atom is 0.145 e. The maximum atomic E-state index is 3.87. The van der Waals surface area contributed by atoms with Crippen molar-refractivity contribution in [3.05, 3.63) is 0 Å². The van der Waals surface area contributed by atoms with E-state index >= 15 is 0 Å². The highest BCUT2D eigenvalue weighted by atomic mass is 28.3. The summed E-state index contributed by atoms with van der Waals surface area (Å²) in [5, 5.41) is 0. The molecular formula is C18H34Si. The third kappa shape index (κ3) is 4.12. The van der Waals surface area contributed by atoms with Crippen LogP contribution in [-0.4, -0.2) is 8.07 Å². The van der Waals surface area contributed by atoms with Gasteiger partial charge >= 0.3 is 0 Å². The Balaban J connectivity index is 2.77. The van der Waals surface area contributed by atoms with Crippen LogP contribution in [0.1, 0.15) is 80.1 Å². The van der Waals surface area contributed by atoms with Crippen LogP contribution >= 0.6 is 0 Å². The Kier molecular flexibility index (Phi) is 6.67. The van der Waals surface area contributed by atoms with Gasteiger partial charge in [0.05, 0.1) is 0 Å². The van der Waals surface area contributed by atoms with Crippen molar-refractivity contribution in [2.45, 2.75) is 96.7 Å².